The molecule has 0 aromatic heterocycles. The molecule has 15 heavy (non-hydrogen) atoms. The summed E-state index contributed by atoms with van der Waals surface area (Å²) >= 11 is 0. The van der Waals surface area contributed by atoms with E-state index in [1.54, 1.807) is 11.9 Å². The fraction of sp³-hybridized carbons (Fsp3) is 0.364. The molecule has 80 valence electrons. The molecular formula is C11H14N2O2. The molecule has 4 heteroatoms. The van der Waals surface area contributed by atoms with Crippen LogP contribution in [0.1, 0.15) is 5.56 Å². The molecule has 1 saturated heterocycles. The lowest BCUT2D eigenvalue weighted by Gasteiger charge is -2.16. The largest absolute Gasteiger partial charge is 0.447 e. The lowest BCUT2D eigenvalue weighted by Crippen LogP contribution is -2.31. The predicted molar refractivity (Wildman–Crippen MR) is 57.5 cm³/mol. The number of carbonyl (C=O) groups excluding carboxylic acids is 1. The van der Waals surface area contributed by atoms with Gasteiger partial charge in [0.05, 0.1) is 6.04 Å². The van der Waals surface area contributed by atoms with Crippen molar-refractivity contribution in [1.82, 2.24) is 4.90 Å². The van der Waals surface area contributed by atoms with E-state index in [-0.39, 0.29) is 12.1 Å². The van der Waals surface area contributed by atoms with Gasteiger partial charge in [-0.15, -0.1) is 0 Å². The number of anilines is 1. The van der Waals surface area contributed by atoms with Crippen molar-refractivity contribution in [2.24, 2.45) is 0 Å². The number of carbonyl (C=O) groups is 1. The number of ether oxygens (including phenoxy) is 1. The van der Waals surface area contributed by atoms with Crippen molar-refractivity contribution in [3.63, 3.8) is 0 Å². The van der Waals surface area contributed by atoms with Crippen LogP contribution in [-0.2, 0) is 11.2 Å². The lowest BCUT2D eigenvalue weighted by atomic mass is 10.0. The smallest absolute Gasteiger partial charge is 0.409 e. The van der Waals surface area contributed by atoms with E-state index in [4.69, 9.17) is 10.5 Å². The van der Waals surface area contributed by atoms with Crippen molar-refractivity contribution in [3.05, 3.63) is 29.8 Å². The van der Waals surface area contributed by atoms with E-state index in [2.05, 4.69) is 0 Å². The second-order valence-electron chi connectivity index (χ2n) is 3.74. The van der Waals surface area contributed by atoms with Gasteiger partial charge in [-0.2, -0.15) is 0 Å². The SMILES string of the molecule is CN1C(=O)OCC1Cc1ccccc1N. The fourth-order valence-corrected chi connectivity index (χ4v) is 1.70. The molecule has 2 N–H and O–H groups in total. The van der Waals surface area contributed by atoms with Gasteiger partial charge in [0.1, 0.15) is 6.61 Å². The van der Waals surface area contributed by atoms with Crippen LogP contribution in [0, 0.1) is 0 Å². The van der Waals surface area contributed by atoms with Gasteiger partial charge in [-0.1, -0.05) is 18.2 Å². The number of nitrogens with two attached hydrogens (primary N) is 1. The van der Waals surface area contributed by atoms with E-state index in [1.165, 1.54) is 0 Å². The van der Waals surface area contributed by atoms with Crippen LogP contribution in [-0.4, -0.2) is 30.7 Å². The minimum absolute atomic E-state index is 0.0993. The number of amides is 1. The number of hydrogen-bond acceptors (Lipinski definition) is 3. The normalized spacial score (nSPS) is 20.5. The van der Waals surface area contributed by atoms with Gasteiger partial charge in [0.15, 0.2) is 0 Å². The van der Waals surface area contributed by atoms with Crippen LogP contribution >= 0.6 is 0 Å². The third-order valence-electron chi connectivity index (χ3n) is 2.75. The average molecular weight is 206 g/mol. The second-order valence-corrected chi connectivity index (χ2v) is 3.74. The van der Waals surface area contributed by atoms with E-state index < -0.39 is 0 Å². The van der Waals surface area contributed by atoms with Crippen molar-refractivity contribution >= 4 is 11.8 Å². The Balaban J connectivity index is 2.10. The Morgan fingerprint density at radius 1 is 1.53 bits per heavy atom. The summed E-state index contributed by atoms with van der Waals surface area (Å²) in [5.41, 5.74) is 7.67. The van der Waals surface area contributed by atoms with Gasteiger partial charge in [-0.25, -0.2) is 4.79 Å². The summed E-state index contributed by atoms with van der Waals surface area (Å²) in [6.45, 7) is 0.448. The molecule has 0 spiro atoms. The number of cyclic esters (lactones) is 1. The molecule has 1 atom stereocenters. The van der Waals surface area contributed by atoms with Gasteiger partial charge >= 0.3 is 6.09 Å². The zero-order chi connectivity index (χ0) is 10.8. The van der Waals surface area contributed by atoms with Gasteiger partial charge in [0.25, 0.3) is 0 Å². The Hall–Kier alpha value is -1.71. The minimum Gasteiger partial charge on any atom is -0.447 e. The Morgan fingerprint density at radius 2 is 2.27 bits per heavy atom. The molecule has 1 aliphatic heterocycles. The van der Waals surface area contributed by atoms with E-state index in [1.807, 2.05) is 24.3 Å². The predicted octanol–water partition coefficient (Wildman–Crippen LogP) is 1.26. The minimum atomic E-state index is -0.255. The summed E-state index contributed by atoms with van der Waals surface area (Å²) in [4.78, 5) is 12.7. The maximum Gasteiger partial charge on any atom is 0.409 e. The Labute approximate surface area is 88.6 Å². The van der Waals surface area contributed by atoms with Gasteiger partial charge in [0.2, 0.25) is 0 Å². The molecule has 0 saturated carbocycles. The highest BCUT2D eigenvalue weighted by Crippen LogP contribution is 2.18. The number of benzene rings is 1. The zero-order valence-corrected chi connectivity index (χ0v) is 8.64. The number of nitrogens with zero attached hydrogens (tertiary/aromatic N) is 1. The molecule has 1 aliphatic rings. The molecular weight excluding hydrogens is 192 g/mol. The van der Waals surface area contributed by atoms with Gasteiger partial charge in [-0.3, -0.25) is 0 Å². The number of hydrogen-bond donors (Lipinski definition) is 1. The molecule has 1 aromatic rings. The molecule has 4 nitrogen and oxygen atoms in total. The Bertz CT molecular complexity index is 379. The monoisotopic (exact) mass is 206 g/mol. The molecule has 1 unspecified atom stereocenters. The van der Waals surface area contributed by atoms with Crippen molar-refractivity contribution < 1.29 is 9.53 Å². The second kappa shape index (κ2) is 3.81. The lowest BCUT2D eigenvalue weighted by molar-refractivity contribution is 0.163. The van der Waals surface area contributed by atoms with Crippen LogP contribution in [0.2, 0.25) is 0 Å². The maximum absolute atomic E-state index is 11.1. The maximum atomic E-state index is 11.1. The molecule has 0 bridgehead atoms. The van der Waals surface area contributed by atoms with Crippen LogP contribution in [0.25, 0.3) is 0 Å². The van der Waals surface area contributed by atoms with Crippen molar-refractivity contribution in [2.45, 2.75) is 12.5 Å². The number of nitrogen functional groups attached to an aromatic ring is 1. The highest BCUT2D eigenvalue weighted by Gasteiger charge is 2.29. The zero-order valence-electron chi connectivity index (χ0n) is 8.64. The van der Waals surface area contributed by atoms with Crippen molar-refractivity contribution in [1.29, 1.82) is 0 Å². The Kier molecular flexibility index (Phi) is 2.49. The highest BCUT2D eigenvalue weighted by atomic mass is 16.6. The van der Waals surface area contributed by atoms with Gasteiger partial charge in [-0.05, 0) is 18.1 Å². The molecule has 1 aromatic carbocycles. The van der Waals surface area contributed by atoms with Crippen LogP contribution < -0.4 is 5.73 Å². The molecule has 0 radical (unpaired) electrons. The third kappa shape index (κ3) is 1.88. The molecule has 1 amide bonds. The summed E-state index contributed by atoms with van der Waals surface area (Å²) in [5.74, 6) is 0. The first kappa shape index (κ1) is 9.83. The molecule has 1 heterocycles. The molecule has 2 rings (SSSR count). The summed E-state index contributed by atoms with van der Waals surface area (Å²) in [5, 5.41) is 0. The topological polar surface area (TPSA) is 55.6 Å². The first-order valence-corrected chi connectivity index (χ1v) is 4.91. The van der Waals surface area contributed by atoms with E-state index >= 15 is 0 Å². The van der Waals surface area contributed by atoms with Gasteiger partial charge < -0.3 is 15.4 Å². The number of likely N-dealkylation sites (N-methyl/N-ethyl adjacent to an activating group) is 1. The average Bonchev–Trinajstić information content (AvgIpc) is 2.53. The number of rotatable bonds is 2. The van der Waals surface area contributed by atoms with Crippen molar-refractivity contribution in [2.75, 3.05) is 19.4 Å². The summed E-state index contributed by atoms with van der Waals surface area (Å²) in [7, 11) is 1.75. The van der Waals surface area contributed by atoms with E-state index in [9.17, 15) is 4.79 Å². The summed E-state index contributed by atoms with van der Waals surface area (Å²) < 4.78 is 4.94. The number of para-hydroxylation sites is 1. The summed E-state index contributed by atoms with van der Waals surface area (Å²) in [6.07, 6.45) is 0.490. The quantitative estimate of drug-likeness (QED) is 0.741. The van der Waals surface area contributed by atoms with Gasteiger partial charge in [0, 0.05) is 12.7 Å². The van der Waals surface area contributed by atoms with Crippen LogP contribution in [0.4, 0.5) is 10.5 Å². The van der Waals surface area contributed by atoms with Crippen LogP contribution in [0.5, 0.6) is 0 Å². The molecule has 1 fully saturated rings. The first-order chi connectivity index (χ1) is 7.18. The van der Waals surface area contributed by atoms with E-state index in [0.717, 1.165) is 17.7 Å². The first-order valence-electron chi connectivity index (χ1n) is 4.91. The molecule has 0 aliphatic carbocycles. The Morgan fingerprint density at radius 3 is 2.87 bits per heavy atom. The standard InChI is InChI=1S/C11H14N2O2/c1-13-9(7-15-11(13)14)6-8-4-2-3-5-10(8)12/h2-5,9H,6-7,12H2,1H3. The van der Waals surface area contributed by atoms with Crippen molar-refractivity contribution in [3.8, 4) is 0 Å². The van der Waals surface area contributed by atoms with Crippen LogP contribution in [0.3, 0.4) is 0 Å². The summed E-state index contributed by atoms with van der Waals surface area (Å²) in [6, 6.07) is 7.79. The van der Waals surface area contributed by atoms with E-state index in [0.29, 0.717) is 6.61 Å². The highest BCUT2D eigenvalue weighted by molar-refractivity contribution is 5.69. The third-order valence-corrected chi connectivity index (χ3v) is 2.75. The fourth-order valence-electron chi connectivity index (χ4n) is 1.70. The van der Waals surface area contributed by atoms with Crippen LogP contribution in [0.15, 0.2) is 24.3 Å².